The van der Waals surface area contributed by atoms with Crippen LogP contribution in [-0.2, 0) is 4.79 Å². The summed E-state index contributed by atoms with van der Waals surface area (Å²) < 4.78 is 5.12. The molecular weight excluding hydrogens is 432 g/mol. The first-order valence-corrected chi connectivity index (χ1v) is 10.9. The van der Waals surface area contributed by atoms with Crippen LogP contribution in [0.3, 0.4) is 0 Å². The van der Waals surface area contributed by atoms with Gasteiger partial charge in [0, 0.05) is 26.9 Å². The van der Waals surface area contributed by atoms with Crippen molar-refractivity contribution in [2.75, 3.05) is 17.7 Å². The average molecular weight is 455 g/mol. The van der Waals surface area contributed by atoms with Gasteiger partial charge in [-0.3, -0.25) is 9.59 Å². The molecule has 160 valence electrons. The van der Waals surface area contributed by atoms with Crippen molar-refractivity contribution < 1.29 is 14.3 Å². The summed E-state index contributed by atoms with van der Waals surface area (Å²) in [5.41, 5.74) is 2.83. The summed E-state index contributed by atoms with van der Waals surface area (Å²) in [6, 6.07) is 19.7. The van der Waals surface area contributed by atoms with E-state index in [2.05, 4.69) is 10.6 Å². The SMILES string of the molecule is COc1ccc(C(=O)Nc2cccc(SC(C)C(=O)Nc3cc(Cl)ccc3C)c2)cc1. The number of nitrogens with one attached hydrogen (secondary N) is 2. The third-order valence-corrected chi connectivity index (χ3v) is 5.91. The summed E-state index contributed by atoms with van der Waals surface area (Å²) in [6.07, 6.45) is 0. The zero-order chi connectivity index (χ0) is 22.4. The van der Waals surface area contributed by atoms with E-state index >= 15 is 0 Å². The standard InChI is InChI=1S/C24H23ClN2O3S/c1-15-7-10-18(25)13-22(15)27-23(28)16(2)31-21-6-4-5-19(14-21)26-24(29)17-8-11-20(30-3)12-9-17/h4-14,16H,1-3H3,(H,26,29)(H,27,28). The molecule has 0 saturated carbocycles. The number of thioether (sulfide) groups is 1. The van der Waals surface area contributed by atoms with E-state index in [9.17, 15) is 9.59 Å². The summed E-state index contributed by atoms with van der Waals surface area (Å²) in [6.45, 7) is 3.75. The van der Waals surface area contributed by atoms with E-state index in [1.54, 1.807) is 43.5 Å². The molecule has 5 nitrogen and oxygen atoms in total. The third kappa shape index (κ3) is 6.26. The van der Waals surface area contributed by atoms with Crippen molar-refractivity contribution in [3.63, 3.8) is 0 Å². The lowest BCUT2D eigenvalue weighted by atomic mass is 10.2. The Bertz CT molecular complexity index is 1090. The highest BCUT2D eigenvalue weighted by Crippen LogP contribution is 2.28. The van der Waals surface area contributed by atoms with E-state index in [0.29, 0.717) is 27.7 Å². The van der Waals surface area contributed by atoms with Crippen LogP contribution in [0.5, 0.6) is 5.75 Å². The number of rotatable bonds is 7. The van der Waals surface area contributed by atoms with Crippen LogP contribution in [0.25, 0.3) is 0 Å². The van der Waals surface area contributed by atoms with Crippen LogP contribution < -0.4 is 15.4 Å². The third-order valence-electron chi connectivity index (χ3n) is 4.58. The van der Waals surface area contributed by atoms with Crippen LogP contribution in [-0.4, -0.2) is 24.2 Å². The van der Waals surface area contributed by atoms with Crippen molar-refractivity contribution in [2.45, 2.75) is 24.0 Å². The van der Waals surface area contributed by atoms with Gasteiger partial charge in [-0.2, -0.15) is 0 Å². The number of hydrogen-bond acceptors (Lipinski definition) is 4. The average Bonchev–Trinajstić information content (AvgIpc) is 2.76. The predicted octanol–water partition coefficient (Wildman–Crippen LogP) is 6.03. The maximum atomic E-state index is 12.6. The summed E-state index contributed by atoms with van der Waals surface area (Å²) in [5, 5.41) is 6.04. The van der Waals surface area contributed by atoms with Gasteiger partial charge in [0.25, 0.3) is 5.91 Å². The van der Waals surface area contributed by atoms with Crippen molar-refractivity contribution in [2.24, 2.45) is 0 Å². The molecular formula is C24H23ClN2O3S. The second-order valence-electron chi connectivity index (χ2n) is 6.92. The Morgan fingerprint density at radius 3 is 2.45 bits per heavy atom. The Labute approximate surface area is 191 Å². The molecule has 0 fully saturated rings. The largest absolute Gasteiger partial charge is 0.497 e. The normalized spacial score (nSPS) is 11.5. The Balaban J connectivity index is 1.63. The minimum atomic E-state index is -0.342. The molecule has 0 heterocycles. The number of aryl methyl sites for hydroxylation is 1. The zero-order valence-corrected chi connectivity index (χ0v) is 19.0. The van der Waals surface area contributed by atoms with Gasteiger partial charge in [0.15, 0.2) is 0 Å². The van der Waals surface area contributed by atoms with Crippen molar-refractivity contribution in [3.8, 4) is 5.75 Å². The molecule has 2 amide bonds. The van der Waals surface area contributed by atoms with Crippen LogP contribution in [0.1, 0.15) is 22.8 Å². The molecule has 7 heteroatoms. The van der Waals surface area contributed by atoms with E-state index in [1.807, 2.05) is 44.2 Å². The van der Waals surface area contributed by atoms with Gasteiger partial charge < -0.3 is 15.4 Å². The molecule has 1 unspecified atom stereocenters. The van der Waals surface area contributed by atoms with E-state index < -0.39 is 0 Å². The summed E-state index contributed by atoms with van der Waals surface area (Å²) in [7, 11) is 1.58. The van der Waals surface area contributed by atoms with Gasteiger partial charge >= 0.3 is 0 Å². The zero-order valence-electron chi connectivity index (χ0n) is 17.4. The van der Waals surface area contributed by atoms with Crippen LogP contribution >= 0.6 is 23.4 Å². The molecule has 1 atom stereocenters. The lowest BCUT2D eigenvalue weighted by Gasteiger charge is -2.14. The number of hydrogen-bond donors (Lipinski definition) is 2. The van der Waals surface area contributed by atoms with Gasteiger partial charge in [-0.05, 0) is 74.0 Å². The molecule has 0 bridgehead atoms. The van der Waals surface area contributed by atoms with Crippen LogP contribution in [0.2, 0.25) is 5.02 Å². The number of carbonyl (C=O) groups is 2. The van der Waals surface area contributed by atoms with Crippen molar-refractivity contribution in [1.82, 2.24) is 0 Å². The Hall–Kier alpha value is -2.96. The smallest absolute Gasteiger partial charge is 0.255 e. The maximum absolute atomic E-state index is 12.6. The molecule has 0 aliphatic heterocycles. The van der Waals surface area contributed by atoms with E-state index in [1.165, 1.54) is 11.8 Å². The van der Waals surface area contributed by atoms with E-state index in [-0.39, 0.29) is 17.1 Å². The fourth-order valence-corrected chi connectivity index (χ4v) is 3.91. The van der Waals surface area contributed by atoms with Crippen LogP contribution in [0.15, 0.2) is 71.6 Å². The van der Waals surface area contributed by atoms with E-state index in [4.69, 9.17) is 16.3 Å². The highest BCUT2D eigenvalue weighted by Gasteiger charge is 2.16. The minimum absolute atomic E-state index is 0.122. The first-order chi connectivity index (χ1) is 14.9. The first kappa shape index (κ1) is 22.7. The quantitative estimate of drug-likeness (QED) is 0.428. The molecule has 0 radical (unpaired) electrons. The Morgan fingerprint density at radius 2 is 1.74 bits per heavy atom. The maximum Gasteiger partial charge on any atom is 0.255 e. The molecule has 31 heavy (non-hydrogen) atoms. The molecule has 3 aromatic carbocycles. The predicted molar refractivity (Wildman–Crippen MR) is 128 cm³/mol. The minimum Gasteiger partial charge on any atom is -0.497 e. The van der Waals surface area contributed by atoms with E-state index in [0.717, 1.165) is 10.5 Å². The number of anilines is 2. The molecule has 0 aromatic heterocycles. The molecule has 3 aromatic rings. The number of amides is 2. The first-order valence-electron chi connectivity index (χ1n) is 9.65. The second kappa shape index (κ2) is 10.4. The monoisotopic (exact) mass is 454 g/mol. The summed E-state index contributed by atoms with van der Waals surface area (Å²) in [4.78, 5) is 26.0. The molecule has 0 aliphatic rings. The van der Waals surface area contributed by atoms with Gasteiger partial charge in [0.2, 0.25) is 5.91 Å². The molecule has 0 aliphatic carbocycles. The summed E-state index contributed by atoms with van der Waals surface area (Å²) in [5.74, 6) is 0.352. The number of carbonyl (C=O) groups excluding carboxylic acids is 2. The van der Waals surface area contributed by atoms with Gasteiger partial charge in [0.05, 0.1) is 12.4 Å². The van der Waals surface area contributed by atoms with Crippen molar-refractivity contribution in [1.29, 1.82) is 0 Å². The molecule has 0 spiro atoms. The Kier molecular flexibility index (Phi) is 7.60. The topological polar surface area (TPSA) is 67.4 Å². The van der Waals surface area contributed by atoms with Gasteiger partial charge in [-0.15, -0.1) is 11.8 Å². The highest BCUT2D eigenvalue weighted by atomic mass is 35.5. The van der Waals surface area contributed by atoms with Crippen molar-refractivity contribution in [3.05, 3.63) is 82.9 Å². The molecule has 0 saturated heterocycles. The number of methoxy groups -OCH3 is 1. The second-order valence-corrected chi connectivity index (χ2v) is 8.77. The number of benzene rings is 3. The van der Waals surface area contributed by atoms with Gasteiger partial charge in [-0.1, -0.05) is 23.7 Å². The highest BCUT2D eigenvalue weighted by molar-refractivity contribution is 8.00. The van der Waals surface area contributed by atoms with Gasteiger partial charge in [0.1, 0.15) is 5.75 Å². The molecule has 3 rings (SSSR count). The van der Waals surface area contributed by atoms with Crippen molar-refractivity contribution >= 4 is 46.6 Å². The fraction of sp³-hybridized carbons (Fsp3) is 0.167. The lowest BCUT2D eigenvalue weighted by molar-refractivity contribution is -0.115. The molecule has 2 N–H and O–H groups in total. The van der Waals surface area contributed by atoms with Crippen LogP contribution in [0.4, 0.5) is 11.4 Å². The van der Waals surface area contributed by atoms with Crippen LogP contribution in [0, 0.1) is 6.92 Å². The number of halogens is 1. The summed E-state index contributed by atoms with van der Waals surface area (Å²) >= 11 is 7.44. The number of ether oxygens (including phenoxy) is 1. The Morgan fingerprint density at radius 1 is 1.00 bits per heavy atom. The fourth-order valence-electron chi connectivity index (χ4n) is 2.81. The lowest BCUT2D eigenvalue weighted by Crippen LogP contribution is -2.22. The van der Waals surface area contributed by atoms with Gasteiger partial charge in [-0.25, -0.2) is 0 Å².